The highest BCUT2D eigenvalue weighted by Crippen LogP contribution is 2.49. The van der Waals surface area contributed by atoms with Crippen molar-refractivity contribution >= 4 is 17.8 Å². The number of methoxy groups -OCH3 is 1. The zero-order valence-electron chi connectivity index (χ0n) is 15.6. The summed E-state index contributed by atoms with van der Waals surface area (Å²) in [4.78, 5) is 37.8. The van der Waals surface area contributed by atoms with Crippen LogP contribution in [0.5, 0.6) is 11.5 Å². The number of phenolic OH excluding ortho intramolecular Hbond substituents is 1. The number of carboxylic acid groups (broad SMARTS) is 1. The number of ether oxygens (including phenoxy) is 1. The molecule has 2 aromatic rings. The van der Waals surface area contributed by atoms with Crippen molar-refractivity contribution in [3.8, 4) is 11.5 Å². The van der Waals surface area contributed by atoms with Gasteiger partial charge in [-0.2, -0.15) is 0 Å². The maximum Gasteiger partial charge on any atom is 0.325 e. The topological polar surface area (TPSA) is 125 Å². The minimum absolute atomic E-state index is 0.0316. The second kappa shape index (κ2) is 6.89. The van der Waals surface area contributed by atoms with E-state index in [0.29, 0.717) is 16.9 Å². The van der Waals surface area contributed by atoms with Gasteiger partial charge in [-0.05, 0) is 23.8 Å². The summed E-state index contributed by atoms with van der Waals surface area (Å²) in [5.41, 5.74) is -0.461. The number of phenols is 1. The van der Waals surface area contributed by atoms with Gasteiger partial charge in [-0.3, -0.25) is 25.0 Å². The number of hydrogen-bond donors (Lipinski definition) is 4. The van der Waals surface area contributed by atoms with Gasteiger partial charge in [0.2, 0.25) is 11.8 Å². The van der Waals surface area contributed by atoms with E-state index in [1.165, 1.54) is 19.2 Å². The van der Waals surface area contributed by atoms with Crippen molar-refractivity contribution in [2.24, 2.45) is 11.8 Å². The first kappa shape index (κ1) is 18.9. The number of para-hydroxylation sites is 1. The molecule has 0 bridgehead atoms. The molecule has 4 N–H and O–H groups in total. The summed E-state index contributed by atoms with van der Waals surface area (Å²) in [5.74, 6) is -3.74. The fourth-order valence-corrected chi connectivity index (χ4v) is 4.49. The van der Waals surface area contributed by atoms with Gasteiger partial charge in [0, 0.05) is 18.0 Å². The lowest BCUT2D eigenvalue weighted by Gasteiger charge is -2.30. The fraction of sp³-hybridized carbons (Fsp3) is 0.286. The molecular formula is C21H20N2O6. The van der Waals surface area contributed by atoms with Crippen LogP contribution in [0.25, 0.3) is 0 Å². The molecule has 2 aliphatic heterocycles. The van der Waals surface area contributed by atoms with Crippen LogP contribution in [0.1, 0.15) is 17.2 Å². The molecule has 2 amide bonds. The molecule has 150 valence electrons. The summed E-state index contributed by atoms with van der Waals surface area (Å²) in [6.07, 6.45) is -0.0316. The number of fused-ring (bicyclic) bond motifs is 1. The lowest BCUT2D eigenvalue weighted by atomic mass is 9.76. The van der Waals surface area contributed by atoms with Crippen molar-refractivity contribution < 1.29 is 29.3 Å². The van der Waals surface area contributed by atoms with Gasteiger partial charge in [-0.15, -0.1) is 0 Å². The average molecular weight is 396 g/mol. The molecule has 2 fully saturated rings. The predicted octanol–water partition coefficient (Wildman–Crippen LogP) is 1.000. The maximum atomic E-state index is 12.7. The lowest BCUT2D eigenvalue weighted by Crippen LogP contribution is -2.57. The summed E-state index contributed by atoms with van der Waals surface area (Å²) in [6.45, 7) is 0. The molecule has 2 aliphatic rings. The minimum atomic E-state index is -1.69. The third-order valence-electron chi connectivity index (χ3n) is 5.77. The van der Waals surface area contributed by atoms with Crippen LogP contribution in [0.4, 0.5) is 0 Å². The molecule has 4 rings (SSSR count). The predicted molar refractivity (Wildman–Crippen MR) is 101 cm³/mol. The summed E-state index contributed by atoms with van der Waals surface area (Å²) >= 11 is 0. The van der Waals surface area contributed by atoms with Crippen LogP contribution in [0.3, 0.4) is 0 Å². The van der Waals surface area contributed by atoms with E-state index in [1.807, 2.05) is 0 Å². The van der Waals surface area contributed by atoms with E-state index in [1.54, 1.807) is 36.4 Å². The Morgan fingerprint density at radius 3 is 2.45 bits per heavy atom. The zero-order valence-corrected chi connectivity index (χ0v) is 15.6. The molecule has 2 saturated heterocycles. The fourth-order valence-electron chi connectivity index (χ4n) is 4.49. The Hall–Kier alpha value is -3.39. The number of rotatable bonds is 5. The first-order valence-corrected chi connectivity index (χ1v) is 9.14. The molecular weight excluding hydrogens is 376 g/mol. The van der Waals surface area contributed by atoms with E-state index >= 15 is 0 Å². The molecule has 0 aliphatic carbocycles. The Morgan fingerprint density at radius 2 is 1.79 bits per heavy atom. The van der Waals surface area contributed by atoms with Gasteiger partial charge in [0.15, 0.2) is 0 Å². The molecule has 2 heterocycles. The van der Waals surface area contributed by atoms with Gasteiger partial charge >= 0.3 is 5.97 Å². The molecule has 8 nitrogen and oxygen atoms in total. The molecule has 0 spiro atoms. The van der Waals surface area contributed by atoms with Crippen LogP contribution in [0.2, 0.25) is 0 Å². The zero-order chi connectivity index (χ0) is 20.8. The summed E-state index contributed by atoms with van der Waals surface area (Å²) in [5, 5.41) is 25.1. The van der Waals surface area contributed by atoms with Crippen LogP contribution in [0, 0.1) is 11.8 Å². The van der Waals surface area contributed by atoms with E-state index in [-0.39, 0.29) is 12.2 Å². The third kappa shape index (κ3) is 2.92. The normalized spacial score (nSPS) is 28.1. The van der Waals surface area contributed by atoms with Gasteiger partial charge in [0.25, 0.3) is 0 Å². The molecule has 4 atom stereocenters. The number of aliphatic carboxylic acids is 1. The maximum absolute atomic E-state index is 12.7. The standard InChI is InChI=1S/C21H20N2O6/c1-29-14-5-3-2-4-13(14)17-15-16(19(26)22-18(15)25)21(23-17,20(27)28)10-11-6-8-12(24)9-7-11/h2-9,15-17,23-24H,10H2,1H3,(H,27,28)(H,22,25,26). The van der Waals surface area contributed by atoms with Gasteiger partial charge < -0.3 is 14.9 Å². The number of nitrogens with one attached hydrogen (secondary N) is 2. The molecule has 0 aromatic heterocycles. The number of benzene rings is 2. The Morgan fingerprint density at radius 1 is 1.10 bits per heavy atom. The Bertz CT molecular complexity index is 989. The molecule has 0 radical (unpaired) electrons. The van der Waals surface area contributed by atoms with Gasteiger partial charge in [-0.1, -0.05) is 30.3 Å². The lowest BCUT2D eigenvalue weighted by molar-refractivity contribution is -0.149. The van der Waals surface area contributed by atoms with Crippen molar-refractivity contribution in [1.29, 1.82) is 0 Å². The smallest absolute Gasteiger partial charge is 0.325 e. The number of amides is 2. The van der Waals surface area contributed by atoms with Crippen molar-refractivity contribution in [2.45, 2.75) is 18.0 Å². The molecule has 4 unspecified atom stereocenters. The second-order valence-corrected chi connectivity index (χ2v) is 7.34. The number of aromatic hydroxyl groups is 1. The van der Waals surface area contributed by atoms with Gasteiger partial charge in [0.1, 0.15) is 17.0 Å². The van der Waals surface area contributed by atoms with E-state index in [0.717, 1.165) is 0 Å². The van der Waals surface area contributed by atoms with Crippen LogP contribution >= 0.6 is 0 Å². The first-order chi connectivity index (χ1) is 13.9. The number of hydrogen-bond acceptors (Lipinski definition) is 6. The number of carboxylic acids is 1. The second-order valence-electron chi connectivity index (χ2n) is 7.34. The third-order valence-corrected chi connectivity index (χ3v) is 5.77. The minimum Gasteiger partial charge on any atom is -0.508 e. The van der Waals surface area contributed by atoms with Crippen molar-refractivity contribution in [1.82, 2.24) is 10.6 Å². The number of carbonyl (C=O) groups is 3. The van der Waals surface area contributed by atoms with Crippen molar-refractivity contribution in [3.63, 3.8) is 0 Å². The largest absolute Gasteiger partial charge is 0.508 e. The Balaban J connectivity index is 1.83. The molecule has 8 heteroatoms. The highest BCUT2D eigenvalue weighted by atomic mass is 16.5. The SMILES string of the molecule is COc1ccccc1C1NC(Cc2ccc(O)cc2)(C(=O)O)C2C(=O)NC(=O)C12. The highest BCUT2D eigenvalue weighted by molar-refractivity contribution is 6.09. The molecule has 2 aromatic carbocycles. The summed E-state index contributed by atoms with van der Waals surface area (Å²) in [6, 6.07) is 12.4. The number of imide groups is 1. The van der Waals surface area contributed by atoms with Gasteiger partial charge in [-0.25, -0.2) is 0 Å². The van der Waals surface area contributed by atoms with Crippen molar-refractivity contribution in [2.75, 3.05) is 7.11 Å². The quantitative estimate of drug-likeness (QED) is 0.556. The van der Waals surface area contributed by atoms with Crippen molar-refractivity contribution in [3.05, 3.63) is 59.7 Å². The Kier molecular flexibility index (Phi) is 4.50. The average Bonchev–Trinajstić information content (AvgIpc) is 3.20. The highest BCUT2D eigenvalue weighted by Gasteiger charge is 2.66. The van der Waals surface area contributed by atoms with E-state index in [4.69, 9.17) is 4.74 Å². The van der Waals surface area contributed by atoms with Crippen LogP contribution in [-0.4, -0.2) is 40.6 Å². The van der Waals surface area contributed by atoms with Crippen LogP contribution < -0.4 is 15.4 Å². The Labute approximate surface area is 166 Å². The van der Waals surface area contributed by atoms with E-state index < -0.39 is 41.2 Å². The van der Waals surface area contributed by atoms with Gasteiger partial charge in [0.05, 0.1) is 18.9 Å². The van der Waals surface area contributed by atoms with E-state index in [9.17, 15) is 24.6 Å². The van der Waals surface area contributed by atoms with Crippen LogP contribution in [0.15, 0.2) is 48.5 Å². The molecule has 29 heavy (non-hydrogen) atoms. The monoisotopic (exact) mass is 396 g/mol. The summed E-state index contributed by atoms with van der Waals surface area (Å²) in [7, 11) is 1.49. The first-order valence-electron chi connectivity index (χ1n) is 9.14. The summed E-state index contributed by atoms with van der Waals surface area (Å²) < 4.78 is 5.40. The number of carbonyl (C=O) groups excluding carboxylic acids is 2. The molecule has 0 saturated carbocycles. The van der Waals surface area contributed by atoms with Crippen LogP contribution in [-0.2, 0) is 20.8 Å². The van der Waals surface area contributed by atoms with E-state index in [2.05, 4.69) is 10.6 Å².